The number of nitro benzene ring substituents is 1. The first-order valence-corrected chi connectivity index (χ1v) is 12.7. The minimum atomic E-state index is -4.20. The summed E-state index contributed by atoms with van der Waals surface area (Å²) in [4.78, 5) is 34.2. The number of carbonyl (C=O) groups is 2. The Bertz CT molecular complexity index is 1120. The first-order valence-electron chi connectivity index (χ1n) is 9.95. The van der Waals surface area contributed by atoms with Gasteiger partial charge in [-0.3, -0.25) is 19.7 Å². The maximum Gasteiger partial charge on any atom is 0.321 e. The topological polar surface area (TPSA) is 145 Å². The monoisotopic (exact) mass is 495 g/mol. The number of nitrogens with zero attached hydrogens (tertiary/aromatic N) is 1. The zero-order chi connectivity index (χ0) is 24.6. The molecule has 0 bridgehead atoms. The lowest BCUT2D eigenvalue weighted by molar-refractivity contribution is -0.388. The molecule has 178 valence electrons. The molecule has 2 aromatic rings. The van der Waals surface area contributed by atoms with E-state index in [-0.39, 0.29) is 10.6 Å². The second kappa shape index (κ2) is 11.8. The molecule has 0 aliphatic rings. The second-order valence-corrected chi connectivity index (χ2v) is 9.67. The third-order valence-corrected chi connectivity index (χ3v) is 6.99. The van der Waals surface area contributed by atoms with Gasteiger partial charge in [0.15, 0.2) is 6.61 Å². The minimum Gasteiger partial charge on any atom is -0.455 e. The summed E-state index contributed by atoms with van der Waals surface area (Å²) in [6.45, 7) is 2.85. The van der Waals surface area contributed by atoms with E-state index in [4.69, 9.17) is 4.74 Å². The highest BCUT2D eigenvalue weighted by Gasteiger charge is 2.22. The molecule has 2 rings (SSSR count). The highest BCUT2D eigenvalue weighted by Crippen LogP contribution is 2.29. The Labute approximate surface area is 196 Å². The van der Waals surface area contributed by atoms with Crippen molar-refractivity contribution in [2.24, 2.45) is 0 Å². The average molecular weight is 496 g/mol. The number of anilines is 1. The van der Waals surface area contributed by atoms with Gasteiger partial charge >= 0.3 is 5.97 Å². The predicted octanol–water partition coefficient (Wildman–Crippen LogP) is 3.29. The van der Waals surface area contributed by atoms with E-state index in [1.54, 1.807) is 18.4 Å². The molecule has 33 heavy (non-hydrogen) atoms. The van der Waals surface area contributed by atoms with Crippen molar-refractivity contribution in [3.63, 3.8) is 0 Å². The Morgan fingerprint density at radius 2 is 1.85 bits per heavy atom. The minimum absolute atomic E-state index is 0.305. The Balaban J connectivity index is 1.87. The number of amides is 1. The van der Waals surface area contributed by atoms with E-state index in [0.29, 0.717) is 16.5 Å². The number of ether oxygens (including phenoxy) is 1. The van der Waals surface area contributed by atoms with E-state index in [2.05, 4.69) is 19.2 Å². The Kier molecular flexibility index (Phi) is 9.38. The maximum absolute atomic E-state index is 12.4. The van der Waals surface area contributed by atoms with Gasteiger partial charge in [0.25, 0.3) is 11.6 Å². The number of thioether (sulfide) groups is 1. The summed E-state index contributed by atoms with van der Waals surface area (Å²) in [5.74, 6) is -1.16. The van der Waals surface area contributed by atoms with Gasteiger partial charge in [-0.05, 0) is 48.4 Å². The van der Waals surface area contributed by atoms with Gasteiger partial charge in [-0.25, -0.2) is 8.42 Å². The van der Waals surface area contributed by atoms with Crippen LogP contribution in [0.4, 0.5) is 11.4 Å². The smallest absolute Gasteiger partial charge is 0.321 e. The third kappa shape index (κ3) is 7.55. The molecule has 0 aliphatic carbocycles. The molecule has 0 radical (unpaired) electrons. The van der Waals surface area contributed by atoms with Gasteiger partial charge in [-0.15, -0.1) is 11.8 Å². The molecule has 0 aromatic heterocycles. The van der Waals surface area contributed by atoms with Crippen molar-refractivity contribution < 1.29 is 27.7 Å². The van der Waals surface area contributed by atoms with E-state index in [9.17, 15) is 28.1 Å². The number of carbonyl (C=O) groups excluding carboxylic acids is 2. The van der Waals surface area contributed by atoms with Crippen LogP contribution in [0.15, 0.2) is 52.3 Å². The molecule has 0 heterocycles. The van der Waals surface area contributed by atoms with Crippen molar-refractivity contribution in [2.75, 3.05) is 24.7 Å². The standard InChI is InChI=1S/C21H25N3O7S2/c1-4-14(2)15-5-7-16(8-6-15)23-20(25)13-31-21(26)12-22-33(29,30)17-9-10-19(32-3)18(11-17)24(27)28/h5-11,14,22H,4,12-13H2,1-3H3,(H,23,25). The number of sulfonamides is 1. The van der Waals surface area contributed by atoms with Crippen molar-refractivity contribution in [1.82, 2.24) is 4.72 Å². The SMILES string of the molecule is CCC(C)c1ccc(NC(=O)COC(=O)CNS(=O)(=O)c2ccc(SC)c([N+](=O)[O-])c2)cc1. The summed E-state index contributed by atoms with van der Waals surface area (Å²) in [5.41, 5.74) is 1.32. The van der Waals surface area contributed by atoms with Crippen LogP contribution in [-0.4, -0.2) is 44.6 Å². The molecule has 1 unspecified atom stereocenters. The number of rotatable bonds is 11. The molecular weight excluding hydrogens is 470 g/mol. The Hall–Kier alpha value is -2.96. The number of esters is 1. The summed E-state index contributed by atoms with van der Waals surface area (Å²) in [7, 11) is -4.20. The van der Waals surface area contributed by atoms with E-state index < -0.39 is 40.0 Å². The normalized spacial score (nSPS) is 12.1. The molecule has 0 spiro atoms. The molecule has 1 atom stereocenters. The highest BCUT2D eigenvalue weighted by molar-refractivity contribution is 7.98. The lowest BCUT2D eigenvalue weighted by Gasteiger charge is -2.11. The van der Waals surface area contributed by atoms with Gasteiger partial charge in [0.05, 0.1) is 14.7 Å². The summed E-state index contributed by atoms with van der Waals surface area (Å²) >= 11 is 1.10. The van der Waals surface area contributed by atoms with Crippen molar-refractivity contribution in [3.05, 3.63) is 58.1 Å². The van der Waals surface area contributed by atoms with Gasteiger partial charge in [0.1, 0.15) is 6.54 Å². The highest BCUT2D eigenvalue weighted by atomic mass is 32.2. The summed E-state index contributed by atoms with van der Waals surface area (Å²) < 4.78 is 31.5. The number of nitro groups is 1. The number of hydrogen-bond donors (Lipinski definition) is 2. The molecule has 0 saturated carbocycles. The molecule has 12 heteroatoms. The quantitative estimate of drug-likeness (QED) is 0.209. The van der Waals surface area contributed by atoms with Crippen molar-refractivity contribution in [3.8, 4) is 0 Å². The van der Waals surface area contributed by atoms with Gasteiger partial charge in [-0.2, -0.15) is 4.72 Å². The molecule has 10 nitrogen and oxygen atoms in total. The van der Waals surface area contributed by atoms with Crippen LogP contribution in [0.3, 0.4) is 0 Å². The van der Waals surface area contributed by atoms with Crippen LogP contribution in [0.5, 0.6) is 0 Å². The van der Waals surface area contributed by atoms with Gasteiger partial charge < -0.3 is 10.1 Å². The van der Waals surface area contributed by atoms with Crippen LogP contribution >= 0.6 is 11.8 Å². The van der Waals surface area contributed by atoms with Gasteiger partial charge in [0, 0.05) is 11.8 Å². The second-order valence-electron chi connectivity index (χ2n) is 7.06. The fraction of sp³-hybridized carbons (Fsp3) is 0.333. The fourth-order valence-corrected chi connectivity index (χ4v) is 4.28. The molecule has 1 amide bonds. The van der Waals surface area contributed by atoms with Gasteiger partial charge in [-0.1, -0.05) is 26.0 Å². The fourth-order valence-electron chi connectivity index (χ4n) is 2.74. The Morgan fingerprint density at radius 1 is 1.18 bits per heavy atom. The van der Waals surface area contributed by atoms with E-state index >= 15 is 0 Å². The molecule has 0 saturated heterocycles. The average Bonchev–Trinajstić information content (AvgIpc) is 2.80. The first kappa shape index (κ1) is 26.3. The summed E-state index contributed by atoms with van der Waals surface area (Å²) in [5, 5.41) is 13.7. The van der Waals surface area contributed by atoms with Crippen LogP contribution in [0.25, 0.3) is 0 Å². The molecular formula is C21H25N3O7S2. The van der Waals surface area contributed by atoms with E-state index in [0.717, 1.165) is 29.8 Å². The van der Waals surface area contributed by atoms with Crippen LogP contribution in [0.2, 0.25) is 0 Å². The first-order chi connectivity index (χ1) is 15.6. The lowest BCUT2D eigenvalue weighted by Crippen LogP contribution is -2.32. The van der Waals surface area contributed by atoms with Crippen molar-refractivity contribution in [2.45, 2.75) is 36.0 Å². The van der Waals surface area contributed by atoms with Crippen molar-refractivity contribution in [1.29, 1.82) is 0 Å². The zero-order valence-corrected chi connectivity index (χ0v) is 20.0. The molecule has 2 aromatic carbocycles. The summed E-state index contributed by atoms with van der Waals surface area (Å²) in [6.07, 6.45) is 2.62. The van der Waals surface area contributed by atoms with E-state index in [1.165, 1.54) is 12.1 Å². The third-order valence-electron chi connectivity index (χ3n) is 4.80. The molecule has 0 fully saturated rings. The zero-order valence-electron chi connectivity index (χ0n) is 18.4. The number of nitrogens with one attached hydrogen (secondary N) is 2. The van der Waals surface area contributed by atoms with Crippen molar-refractivity contribution >= 4 is 45.0 Å². The lowest BCUT2D eigenvalue weighted by atomic mass is 9.99. The largest absolute Gasteiger partial charge is 0.455 e. The predicted molar refractivity (Wildman–Crippen MR) is 125 cm³/mol. The number of hydrogen-bond acceptors (Lipinski definition) is 8. The van der Waals surface area contributed by atoms with E-state index in [1.807, 2.05) is 16.9 Å². The van der Waals surface area contributed by atoms with Crippen LogP contribution in [0.1, 0.15) is 31.7 Å². The molecule has 0 aliphatic heterocycles. The Morgan fingerprint density at radius 3 is 2.42 bits per heavy atom. The van der Waals surface area contributed by atoms with Crippen LogP contribution < -0.4 is 10.0 Å². The summed E-state index contributed by atoms with van der Waals surface area (Å²) in [6, 6.07) is 10.7. The van der Waals surface area contributed by atoms with Crippen LogP contribution in [-0.2, 0) is 24.3 Å². The van der Waals surface area contributed by atoms with Crippen LogP contribution in [0, 0.1) is 10.1 Å². The number of benzene rings is 2. The molecule has 2 N–H and O–H groups in total. The van der Waals surface area contributed by atoms with Gasteiger partial charge in [0.2, 0.25) is 10.0 Å². The maximum atomic E-state index is 12.4.